The molecule has 0 bridgehead atoms. The van der Waals surface area contributed by atoms with Crippen LogP contribution < -0.4 is 10.3 Å². The minimum Gasteiger partial charge on any atom is -0.477 e. The van der Waals surface area contributed by atoms with Crippen molar-refractivity contribution in [1.29, 1.82) is 0 Å². The predicted molar refractivity (Wildman–Crippen MR) is 170 cm³/mol. The SMILES string of the molecule is CCCCC(=O)OCC(Cn1c([N+](=O)[O-])cnc1C)OC(=O)OCN1CCN(c2cc3c(cc2F)c(=O)c(C(=O)O)c2n3C(C)S2)CC1. The highest BCUT2D eigenvalue weighted by Gasteiger charge is 2.34. The van der Waals surface area contributed by atoms with Crippen molar-refractivity contribution in [1.82, 2.24) is 19.0 Å². The second-order valence-corrected chi connectivity index (χ2v) is 12.7. The number of nitrogens with zero attached hydrogens (tertiary/aromatic N) is 6. The maximum Gasteiger partial charge on any atom is 0.510 e. The van der Waals surface area contributed by atoms with Crippen LogP contribution in [0.15, 0.2) is 28.2 Å². The first kappa shape index (κ1) is 34.6. The van der Waals surface area contributed by atoms with Crippen LogP contribution in [0.5, 0.6) is 0 Å². The first-order valence-electron chi connectivity index (χ1n) is 15.3. The Labute approximate surface area is 277 Å². The molecule has 4 heterocycles. The molecule has 0 saturated carbocycles. The lowest BCUT2D eigenvalue weighted by Crippen LogP contribution is -2.47. The van der Waals surface area contributed by atoms with E-state index >= 15 is 4.39 Å². The number of carboxylic acids is 1. The van der Waals surface area contributed by atoms with E-state index in [1.165, 1.54) is 16.3 Å². The van der Waals surface area contributed by atoms with Gasteiger partial charge in [0, 0.05) is 44.9 Å². The number of pyridine rings is 1. The molecule has 48 heavy (non-hydrogen) atoms. The van der Waals surface area contributed by atoms with Crippen LogP contribution in [0.1, 0.15) is 54.7 Å². The number of carbonyl (C=O) groups excluding carboxylic acids is 2. The third kappa shape index (κ3) is 7.23. The van der Waals surface area contributed by atoms with Crippen LogP contribution in [-0.4, -0.2) is 92.8 Å². The first-order valence-corrected chi connectivity index (χ1v) is 16.2. The number of thioether (sulfide) groups is 1. The molecular weight excluding hydrogens is 655 g/mol. The smallest absolute Gasteiger partial charge is 0.477 e. The lowest BCUT2D eigenvalue weighted by molar-refractivity contribution is -0.392. The van der Waals surface area contributed by atoms with E-state index < -0.39 is 40.4 Å². The van der Waals surface area contributed by atoms with Gasteiger partial charge in [-0.2, -0.15) is 0 Å². The Bertz CT molecular complexity index is 1800. The standard InChI is InChI=1S/C30H35FN6O10S/c1-4-5-6-25(38)45-15-19(14-35-17(2)32-13-24(35)37(43)44)47-30(42)46-16-33-7-9-34(10-8-33)23-12-22-20(11-21(23)31)27(39)26(29(40)41)28-36(22)18(3)48-28/h11-13,18-19H,4-10,14-16H2,1-3H3,(H,40,41). The number of aryl methyl sites for hydroxylation is 1. The molecule has 1 aromatic carbocycles. The third-order valence-electron chi connectivity index (χ3n) is 8.20. The Morgan fingerprint density at radius 3 is 2.58 bits per heavy atom. The van der Waals surface area contributed by atoms with Gasteiger partial charge >= 0.3 is 23.9 Å². The number of piperazine rings is 1. The summed E-state index contributed by atoms with van der Waals surface area (Å²) in [5.41, 5.74) is -0.359. The van der Waals surface area contributed by atoms with Gasteiger partial charge in [0.05, 0.1) is 21.6 Å². The van der Waals surface area contributed by atoms with Crippen molar-refractivity contribution >= 4 is 52.3 Å². The number of halogens is 1. The second-order valence-electron chi connectivity index (χ2n) is 11.4. The summed E-state index contributed by atoms with van der Waals surface area (Å²) in [6.45, 7) is 6.12. The van der Waals surface area contributed by atoms with Crippen LogP contribution in [0.2, 0.25) is 0 Å². The van der Waals surface area contributed by atoms with Crippen molar-refractivity contribution in [2.75, 3.05) is 44.4 Å². The van der Waals surface area contributed by atoms with Crippen molar-refractivity contribution in [2.45, 2.75) is 63.1 Å². The fourth-order valence-electron chi connectivity index (χ4n) is 5.63. The molecule has 0 spiro atoms. The summed E-state index contributed by atoms with van der Waals surface area (Å²) in [6.07, 6.45) is 0.500. The predicted octanol–water partition coefficient (Wildman–Crippen LogP) is 3.91. The topological polar surface area (TPSA) is 189 Å². The normalized spacial score (nSPS) is 16.6. The zero-order chi connectivity index (χ0) is 34.7. The molecule has 16 nitrogen and oxygen atoms in total. The van der Waals surface area contributed by atoms with E-state index in [-0.39, 0.29) is 54.1 Å². The van der Waals surface area contributed by atoms with Gasteiger partial charge in [0.2, 0.25) is 5.43 Å². The summed E-state index contributed by atoms with van der Waals surface area (Å²) in [5.74, 6) is -2.50. The molecule has 1 fully saturated rings. The van der Waals surface area contributed by atoms with E-state index in [1.54, 1.807) is 27.4 Å². The Morgan fingerprint density at radius 2 is 1.94 bits per heavy atom. The van der Waals surface area contributed by atoms with E-state index in [9.17, 15) is 34.4 Å². The van der Waals surface area contributed by atoms with Crippen molar-refractivity contribution < 1.29 is 43.0 Å². The number of esters is 1. The summed E-state index contributed by atoms with van der Waals surface area (Å²) in [5, 5.41) is 21.2. The molecule has 258 valence electrons. The van der Waals surface area contributed by atoms with E-state index in [0.29, 0.717) is 49.0 Å². The number of anilines is 1. The van der Waals surface area contributed by atoms with Crippen molar-refractivity contribution in [2.24, 2.45) is 0 Å². The lowest BCUT2D eigenvalue weighted by Gasteiger charge is -2.36. The number of nitro groups is 1. The van der Waals surface area contributed by atoms with Crippen LogP contribution in [0.25, 0.3) is 10.9 Å². The van der Waals surface area contributed by atoms with Crippen LogP contribution in [0, 0.1) is 22.9 Å². The molecule has 0 amide bonds. The fraction of sp³-hybridized carbons (Fsp3) is 0.500. The fourth-order valence-corrected chi connectivity index (χ4v) is 6.79. The minimum atomic E-state index is -1.35. The molecule has 1 saturated heterocycles. The second kappa shape index (κ2) is 14.6. The average molecular weight is 691 g/mol. The first-order chi connectivity index (χ1) is 22.9. The molecule has 2 atom stereocenters. The lowest BCUT2D eigenvalue weighted by atomic mass is 10.1. The number of hydrogen-bond donors (Lipinski definition) is 1. The molecule has 2 unspecified atom stereocenters. The van der Waals surface area contributed by atoms with Crippen LogP contribution in [-0.2, 0) is 25.5 Å². The van der Waals surface area contributed by atoms with Gasteiger partial charge in [-0.25, -0.2) is 23.5 Å². The van der Waals surface area contributed by atoms with Gasteiger partial charge in [-0.05, 0) is 30.4 Å². The van der Waals surface area contributed by atoms with Crippen LogP contribution in [0.3, 0.4) is 0 Å². The number of rotatable bonds is 13. The number of hydrogen-bond acceptors (Lipinski definition) is 13. The average Bonchev–Trinajstić information content (AvgIpc) is 3.41. The largest absolute Gasteiger partial charge is 0.510 e. The Kier molecular flexibility index (Phi) is 10.5. The summed E-state index contributed by atoms with van der Waals surface area (Å²) in [7, 11) is 0. The maximum absolute atomic E-state index is 15.3. The highest BCUT2D eigenvalue weighted by atomic mass is 32.2. The molecule has 5 rings (SSSR count). The number of aromatic nitrogens is 3. The minimum absolute atomic E-state index is 0.00179. The number of ether oxygens (including phenoxy) is 3. The molecule has 2 aromatic heterocycles. The van der Waals surface area contributed by atoms with Crippen molar-refractivity contribution in [3.05, 3.63) is 55.9 Å². The monoisotopic (exact) mass is 690 g/mol. The molecule has 1 N–H and O–H groups in total. The Morgan fingerprint density at radius 1 is 1.21 bits per heavy atom. The molecule has 3 aromatic rings. The molecule has 2 aliphatic heterocycles. The summed E-state index contributed by atoms with van der Waals surface area (Å²) in [4.78, 5) is 67.8. The van der Waals surface area contributed by atoms with E-state index in [0.717, 1.165) is 18.7 Å². The third-order valence-corrected chi connectivity index (χ3v) is 9.38. The van der Waals surface area contributed by atoms with Crippen LogP contribution >= 0.6 is 11.8 Å². The van der Waals surface area contributed by atoms with Gasteiger partial charge in [0.1, 0.15) is 37.5 Å². The highest BCUT2D eigenvalue weighted by molar-refractivity contribution is 8.00. The van der Waals surface area contributed by atoms with Gasteiger partial charge in [0.25, 0.3) is 0 Å². The molecule has 0 aliphatic carbocycles. The zero-order valence-electron chi connectivity index (χ0n) is 26.5. The van der Waals surface area contributed by atoms with Crippen molar-refractivity contribution in [3.8, 4) is 0 Å². The molecule has 2 aliphatic rings. The van der Waals surface area contributed by atoms with E-state index in [4.69, 9.17) is 14.2 Å². The Balaban J connectivity index is 1.20. The summed E-state index contributed by atoms with van der Waals surface area (Å²) >= 11 is 1.27. The van der Waals surface area contributed by atoms with E-state index in [2.05, 4.69) is 4.98 Å². The quantitative estimate of drug-likeness (QED) is 0.154. The summed E-state index contributed by atoms with van der Waals surface area (Å²) < 4.78 is 34.3. The number of aromatic carboxylic acids is 1. The van der Waals surface area contributed by atoms with E-state index in [1.807, 2.05) is 13.8 Å². The number of imidazole rings is 1. The number of fused-ring (bicyclic) bond motifs is 3. The van der Waals surface area contributed by atoms with Gasteiger partial charge < -0.3 is 38.9 Å². The zero-order valence-corrected chi connectivity index (χ0v) is 27.4. The number of carboxylic acid groups (broad SMARTS) is 1. The number of unbranched alkanes of at least 4 members (excludes halogenated alkanes) is 1. The van der Waals surface area contributed by atoms with Gasteiger partial charge in [-0.3, -0.25) is 14.5 Å². The van der Waals surface area contributed by atoms with Gasteiger partial charge in [-0.15, -0.1) is 0 Å². The van der Waals surface area contributed by atoms with Crippen molar-refractivity contribution in [3.63, 3.8) is 0 Å². The Hall–Kier alpha value is -4.71. The number of carbonyl (C=O) groups is 3. The maximum atomic E-state index is 15.3. The highest BCUT2D eigenvalue weighted by Crippen LogP contribution is 2.46. The summed E-state index contributed by atoms with van der Waals surface area (Å²) in [6, 6.07) is 2.66. The van der Waals surface area contributed by atoms with Gasteiger partial charge in [0.15, 0.2) is 11.9 Å². The molecular formula is C30H35FN6O10S. The van der Waals surface area contributed by atoms with Gasteiger partial charge in [-0.1, -0.05) is 25.1 Å². The number of benzene rings is 1. The molecule has 0 radical (unpaired) electrons. The molecule has 18 heteroatoms. The van der Waals surface area contributed by atoms with Crippen LogP contribution in [0.4, 0.5) is 20.7 Å².